The third kappa shape index (κ3) is 44.4. The molecule has 0 rings (SSSR count). The second-order valence-corrected chi connectivity index (χ2v) is 18.4. The number of ether oxygens (including phenoxy) is 2. The molecule has 0 amide bonds. The van der Waals surface area contributed by atoms with Crippen molar-refractivity contribution in [1.29, 1.82) is 0 Å². The SMILES string of the molecule is CCCCC/C=C/C/C=C/CCCCCCCC(=O)OC[C@@H](COP(=O)(O)OC[C@H](N)C(=O)O)OC(=O)CCCCCCCCCCCCCCCCCCCCCCCC. The average molecular weight is 886 g/mol. The zero-order chi connectivity index (χ0) is 44.9. The van der Waals surface area contributed by atoms with Gasteiger partial charge < -0.3 is 25.2 Å². The first-order valence-corrected chi connectivity index (χ1v) is 26.4. The molecule has 11 nitrogen and oxygen atoms in total. The van der Waals surface area contributed by atoms with Crippen LogP contribution in [0.2, 0.25) is 0 Å². The predicted octanol–water partition coefficient (Wildman–Crippen LogP) is 13.8. The summed E-state index contributed by atoms with van der Waals surface area (Å²) in [6, 6.07) is -1.52. The summed E-state index contributed by atoms with van der Waals surface area (Å²) < 4.78 is 32.8. The Bertz CT molecular complexity index is 1130. The molecule has 0 bridgehead atoms. The van der Waals surface area contributed by atoms with Gasteiger partial charge in [-0.3, -0.25) is 23.4 Å². The van der Waals surface area contributed by atoms with Crippen LogP contribution in [0.5, 0.6) is 0 Å². The second-order valence-electron chi connectivity index (χ2n) is 17.0. The van der Waals surface area contributed by atoms with Crippen LogP contribution in [-0.2, 0) is 37.5 Å². The molecule has 0 radical (unpaired) electrons. The Morgan fingerprint density at radius 3 is 1.31 bits per heavy atom. The number of carbonyl (C=O) groups is 3. The van der Waals surface area contributed by atoms with E-state index in [0.717, 1.165) is 64.2 Å². The number of carboxylic acid groups (broad SMARTS) is 1. The number of carbonyl (C=O) groups excluding carboxylic acids is 2. The van der Waals surface area contributed by atoms with Crippen LogP contribution in [-0.4, -0.2) is 59.9 Å². The van der Waals surface area contributed by atoms with Crippen molar-refractivity contribution in [2.75, 3.05) is 19.8 Å². The van der Waals surface area contributed by atoms with Crippen molar-refractivity contribution in [3.8, 4) is 0 Å². The molecule has 0 aliphatic carbocycles. The molecule has 0 heterocycles. The van der Waals surface area contributed by atoms with Crippen LogP contribution in [0.3, 0.4) is 0 Å². The zero-order valence-electron chi connectivity index (χ0n) is 39.0. The van der Waals surface area contributed by atoms with Crippen LogP contribution in [0.1, 0.15) is 239 Å². The number of hydrogen-bond donors (Lipinski definition) is 3. The Hall–Kier alpha value is -2.04. The number of nitrogens with two attached hydrogens (primary N) is 1. The number of phosphoric acid groups is 1. The van der Waals surface area contributed by atoms with E-state index >= 15 is 0 Å². The van der Waals surface area contributed by atoms with E-state index in [9.17, 15) is 23.8 Å². The van der Waals surface area contributed by atoms with Gasteiger partial charge in [-0.25, -0.2) is 4.57 Å². The van der Waals surface area contributed by atoms with Gasteiger partial charge in [-0.1, -0.05) is 205 Å². The van der Waals surface area contributed by atoms with Crippen LogP contribution in [0.4, 0.5) is 0 Å². The van der Waals surface area contributed by atoms with Crippen molar-refractivity contribution < 1.29 is 47.5 Å². The molecule has 358 valence electrons. The third-order valence-electron chi connectivity index (χ3n) is 11.0. The standard InChI is InChI=1S/C49H92NO10P/c1-3-5-7-9-11-13-15-17-19-20-21-22-23-24-25-27-29-31-33-35-37-39-41-48(52)60-45(43-58-61(55,56)59-44-46(50)49(53)54)42-57-47(51)40-38-36-34-32-30-28-26-18-16-14-12-10-8-6-4-2/h12,14,18,26,45-46H,3-11,13,15-17,19-25,27-44,50H2,1-2H3,(H,53,54)(H,55,56)/b14-12+,26-18+/t45-,46-/m0/s1. The predicted molar refractivity (Wildman–Crippen MR) is 249 cm³/mol. The number of carboxylic acids is 1. The second kappa shape index (κ2) is 44.6. The van der Waals surface area contributed by atoms with Crippen LogP contribution in [0.15, 0.2) is 24.3 Å². The van der Waals surface area contributed by atoms with Crippen LogP contribution in [0.25, 0.3) is 0 Å². The molecule has 0 aromatic rings. The summed E-state index contributed by atoms with van der Waals surface area (Å²) in [6.07, 6.45) is 48.1. The minimum Gasteiger partial charge on any atom is -0.480 e. The first-order chi connectivity index (χ1) is 29.6. The lowest BCUT2D eigenvalue weighted by Crippen LogP contribution is -2.34. The number of esters is 2. The van der Waals surface area contributed by atoms with Crippen LogP contribution >= 0.6 is 7.82 Å². The number of allylic oxidation sites excluding steroid dienone is 4. The maximum absolute atomic E-state index is 12.7. The van der Waals surface area contributed by atoms with E-state index < -0.39 is 51.1 Å². The summed E-state index contributed by atoms with van der Waals surface area (Å²) in [5.41, 5.74) is 5.35. The monoisotopic (exact) mass is 886 g/mol. The molecule has 0 aliphatic rings. The van der Waals surface area contributed by atoms with Crippen molar-refractivity contribution in [3.05, 3.63) is 24.3 Å². The first-order valence-electron chi connectivity index (χ1n) is 24.9. The topological polar surface area (TPSA) is 172 Å². The largest absolute Gasteiger partial charge is 0.480 e. The molecule has 0 aromatic carbocycles. The first kappa shape index (κ1) is 59.0. The maximum atomic E-state index is 12.7. The Morgan fingerprint density at radius 1 is 0.508 bits per heavy atom. The number of unbranched alkanes of at least 4 members (excludes halogenated alkanes) is 29. The highest BCUT2D eigenvalue weighted by atomic mass is 31.2. The Labute approximate surface area is 372 Å². The minimum absolute atomic E-state index is 0.163. The fourth-order valence-corrected chi connectivity index (χ4v) is 7.82. The summed E-state index contributed by atoms with van der Waals surface area (Å²) in [4.78, 5) is 46.1. The van der Waals surface area contributed by atoms with Crippen molar-refractivity contribution >= 4 is 25.7 Å². The number of hydrogen-bond acceptors (Lipinski definition) is 9. The molecule has 0 aliphatic heterocycles. The molecule has 0 spiro atoms. The van der Waals surface area contributed by atoms with E-state index in [1.807, 2.05) is 0 Å². The highest BCUT2D eigenvalue weighted by molar-refractivity contribution is 7.47. The lowest BCUT2D eigenvalue weighted by molar-refractivity contribution is -0.161. The number of aliphatic carboxylic acids is 1. The van der Waals surface area contributed by atoms with Gasteiger partial charge in [0.2, 0.25) is 0 Å². The maximum Gasteiger partial charge on any atom is 0.472 e. The zero-order valence-corrected chi connectivity index (χ0v) is 39.9. The van der Waals surface area contributed by atoms with Gasteiger partial charge in [-0.2, -0.15) is 0 Å². The summed E-state index contributed by atoms with van der Waals surface area (Å²) in [5, 5.41) is 8.91. The molecular weight excluding hydrogens is 794 g/mol. The van der Waals surface area contributed by atoms with Gasteiger partial charge in [-0.15, -0.1) is 0 Å². The Balaban J connectivity index is 4.23. The normalized spacial score (nSPS) is 13.8. The summed E-state index contributed by atoms with van der Waals surface area (Å²) in [7, 11) is -4.72. The molecule has 4 N–H and O–H groups in total. The van der Waals surface area contributed by atoms with Crippen LogP contribution in [0, 0.1) is 0 Å². The molecule has 3 atom stereocenters. The van der Waals surface area contributed by atoms with Gasteiger partial charge in [0.05, 0.1) is 13.2 Å². The third-order valence-corrected chi connectivity index (χ3v) is 11.9. The van der Waals surface area contributed by atoms with Gasteiger partial charge in [-0.05, 0) is 44.9 Å². The van der Waals surface area contributed by atoms with Gasteiger partial charge in [0.15, 0.2) is 6.10 Å². The van der Waals surface area contributed by atoms with E-state index in [4.69, 9.17) is 24.8 Å². The lowest BCUT2D eigenvalue weighted by Gasteiger charge is -2.20. The quantitative estimate of drug-likeness (QED) is 0.0230. The molecular formula is C49H92NO10P. The van der Waals surface area contributed by atoms with Crippen molar-refractivity contribution in [2.45, 2.75) is 251 Å². The van der Waals surface area contributed by atoms with E-state index in [2.05, 4.69) is 42.7 Å². The van der Waals surface area contributed by atoms with E-state index in [1.54, 1.807) is 0 Å². The minimum atomic E-state index is -4.72. The molecule has 61 heavy (non-hydrogen) atoms. The molecule has 0 fully saturated rings. The van der Waals surface area contributed by atoms with E-state index in [-0.39, 0.29) is 19.4 Å². The number of rotatable bonds is 47. The molecule has 0 aromatic heterocycles. The van der Waals surface area contributed by atoms with Gasteiger partial charge in [0.1, 0.15) is 12.6 Å². The highest BCUT2D eigenvalue weighted by Gasteiger charge is 2.28. The van der Waals surface area contributed by atoms with Crippen molar-refractivity contribution in [3.63, 3.8) is 0 Å². The fourth-order valence-electron chi connectivity index (χ4n) is 7.04. The fraction of sp³-hybridized carbons (Fsp3) is 0.857. The van der Waals surface area contributed by atoms with Gasteiger partial charge >= 0.3 is 25.7 Å². The van der Waals surface area contributed by atoms with Crippen LogP contribution < -0.4 is 5.73 Å². The van der Waals surface area contributed by atoms with E-state index in [1.165, 1.54) is 135 Å². The summed E-state index contributed by atoms with van der Waals surface area (Å²) in [5.74, 6) is -2.38. The van der Waals surface area contributed by atoms with Gasteiger partial charge in [0, 0.05) is 12.8 Å². The molecule has 0 saturated heterocycles. The molecule has 1 unspecified atom stereocenters. The smallest absolute Gasteiger partial charge is 0.472 e. The average Bonchev–Trinajstić information content (AvgIpc) is 3.24. The van der Waals surface area contributed by atoms with Crippen molar-refractivity contribution in [2.24, 2.45) is 5.73 Å². The van der Waals surface area contributed by atoms with Crippen molar-refractivity contribution in [1.82, 2.24) is 0 Å². The van der Waals surface area contributed by atoms with E-state index in [0.29, 0.717) is 12.8 Å². The lowest BCUT2D eigenvalue weighted by atomic mass is 10.0. The molecule has 12 heteroatoms. The highest BCUT2D eigenvalue weighted by Crippen LogP contribution is 2.43. The molecule has 0 saturated carbocycles. The Kier molecular flexibility index (Phi) is 43.1. The van der Waals surface area contributed by atoms with Gasteiger partial charge in [0.25, 0.3) is 0 Å². The number of phosphoric ester groups is 1. The Morgan fingerprint density at radius 2 is 0.869 bits per heavy atom. The summed E-state index contributed by atoms with van der Waals surface area (Å²) in [6.45, 7) is 2.80. The summed E-state index contributed by atoms with van der Waals surface area (Å²) >= 11 is 0.